The van der Waals surface area contributed by atoms with Gasteiger partial charge in [-0.1, -0.05) is 26.0 Å². The van der Waals surface area contributed by atoms with Crippen molar-refractivity contribution < 1.29 is 19.4 Å². The normalized spacial score (nSPS) is 49.6. The fourth-order valence-corrected chi connectivity index (χ4v) is 4.24. The van der Waals surface area contributed by atoms with Gasteiger partial charge in [0.25, 0.3) is 0 Å². The lowest BCUT2D eigenvalue weighted by Gasteiger charge is -2.29. The van der Waals surface area contributed by atoms with Gasteiger partial charge in [-0.25, -0.2) is 0 Å². The summed E-state index contributed by atoms with van der Waals surface area (Å²) in [7, 11) is 0. The van der Waals surface area contributed by atoms with Crippen LogP contribution in [-0.4, -0.2) is 29.1 Å². The van der Waals surface area contributed by atoms with Crippen LogP contribution in [0.5, 0.6) is 0 Å². The monoisotopic (exact) mass is 264 g/mol. The van der Waals surface area contributed by atoms with E-state index in [1.54, 1.807) is 6.92 Å². The molecule has 1 heterocycles. The number of hydrogen-bond acceptors (Lipinski definition) is 4. The molecule has 1 N–H and O–H groups in total. The maximum absolute atomic E-state index is 12.0. The molecule has 7 atom stereocenters. The van der Waals surface area contributed by atoms with Gasteiger partial charge in [0, 0.05) is 24.2 Å². The summed E-state index contributed by atoms with van der Waals surface area (Å²) in [6.45, 7) is 7.77. The van der Waals surface area contributed by atoms with Crippen molar-refractivity contribution in [1.82, 2.24) is 0 Å². The molecule has 0 aromatic rings. The van der Waals surface area contributed by atoms with Crippen LogP contribution in [0.4, 0.5) is 0 Å². The van der Waals surface area contributed by atoms with Gasteiger partial charge in [0.05, 0.1) is 12.0 Å². The number of aliphatic hydroxyl groups is 1. The number of carbonyl (C=O) groups excluding carboxylic acids is 2. The van der Waals surface area contributed by atoms with E-state index in [4.69, 9.17) is 4.74 Å². The van der Waals surface area contributed by atoms with Gasteiger partial charge in [0.1, 0.15) is 11.9 Å². The van der Waals surface area contributed by atoms with E-state index < -0.39 is 6.10 Å². The molecule has 4 nitrogen and oxygen atoms in total. The van der Waals surface area contributed by atoms with Gasteiger partial charge >= 0.3 is 5.97 Å². The van der Waals surface area contributed by atoms with Gasteiger partial charge in [0.15, 0.2) is 0 Å². The molecule has 104 valence electrons. The summed E-state index contributed by atoms with van der Waals surface area (Å²) < 4.78 is 5.52. The van der Waals surface area contributed by atoms with Crippen LogP contribution in [0.15, 0.2) is 12.2 Å². The molecule has 3 aliphatic rings. The van der Waals surface area contributed by atoms with Crippen molar-refractivity contribution in [2.45, 2.75) is 38.9 Å². The lowest BCUT2D eigenvalue weighted by molar-refractivity contribution is -0.147. The molecule has 0 aromatic heterocycles. The Bertz CT molecular complexity index is 455. The van der Waals surface area contributed by atoms with Crippen molar-refractivity contribution in [3.05, 3.63) is 12.2 Å². The standard InChI is InChI=1S/C15H20O4/c1-6-4-11(17)13-8(3)15(18)19-14(13)12-7(2)10(16)5-9(6)12/h7-9,11-14,17H,1,4-5H2,2-3H3/t7-,8-,9+,11+,12+,13-,14-/m1/s1. The van der Waals surface area contributed by atoms with Crippen LogP contribution < -0.4 is 0 Å². The molecule has 1 aliphatic heterocycles. The smallest absolute Gasteiger partial charge is 0.309 e. The van der Waals surface area contributed by atoms with Crippen molar-refractivity contribution in [1.29, 1.82) is 0 Å². The van der Waals surface area contributed by atoms with Crippen LogP contribution in [-0.2, 0) is 14.3 Å². The summed E-state index contributed by atoms with van der Waals surface area (Å²) >= 11 is 0. The lowest BCUT2D eigenvalue weighted by atomic mass is 9.77. The third kappa shape index (κ3) is 1.69. The Balaban J connectivity index is 2.03. The summed E-state index contributed by atoms with van der Waals surface area (Å²) in [5, 5.41) is 10.3. The number of hydrogen-bond donors (Lipinski definition) is 1. The van der Waals surface area contributed by atoms with Crippen LogP contribution in [0.1, 0.15) is 26.7 Å². The van der Waals surface area contributed by atoms with E-state index in [0.29, 0.717) is 12.8 Å². The van der Waals surface area contributed by atoms with Crippen molar-refractivity contribution in [3.8, 4) is 0 Å². The second kappa shape index (κ2) is 4.17. The molecule has 0 amide bonds. The number of ketones is 1. The first-order chi connectivity index (χ1) is 8.91. The number of Topliss-reactive ketones (excluding diaryl/α,β-unsaturated/α-hetero) is 1. The van der Waals surface area contributed by atoms with Crippen molar-refractivity contribution in [2.24, 2.45) is 29.6 Å². The number of carbonyl (C=O) groups is 2. The lowest BCUT2D eigenvalue weighted by Crippen LogP contribution is -2.37. The summed E-state index contributed by atoms with van der Waals surface area (Å²) in [6, 6.07) is 0. The van der Waals surface area contributed by atoms with Crippen molar-refractivity contribution in [3.63, 3.8) is 0 Å². The quantitative estimate of drug-likeness (QED) is 0.529. The molecule has 3 rings (SSSR count). The van der Waals surface area contributed by atoms with Crippen LogP contribution in [0, 0.1) is 29.6 Å². The predicted octanol–water partition coefficient (Wildman–Crippen LogP) is 1.33. The molecule has 0 bridgehead atoms. The highest BCUT2D eigenvalue weighted by atomic mass is 16.6. The molecule has 19 heavy (non-hydrogen) atoms. The molecule has 3 fully saturated rings. The Morgan fingerprint density at radius 1 is 1.16 bits per heavy atom. The predicted molar refractivity (Wildman–Crippen MR) is 68.1 cm³/mol. The molecule has 4 heteroatoms. The van der Waals surface area contributed by atoms with Gasteiger partial charge in [-0.3, -0.25) is 9.59 Å². The van der Waals surface area contributed by atoms with Crippen LogP contribution in [0.2, 0.25) is 0 Å². The topological polar surface area (TPSA) is 63.6 Å². The highest BCUT2D eigenvalue weighted by molar-refractivity contribution is 5.84. The van der Waals surface area contributed by atoms with Crippen LogP contribution in [0.3, 0.4) is 0 Å². The maximum atomic E-state index is 12.0. The third-order valence-corrected chi connectivity index (χ3v) is 5.37. The van der Waals surface area contributed by atoms with Gasteiger partial charge in [-0.05, 0) is 12.3 Å². The Kier molecular flexibility index (Phi) is 2.82. The van der Waals surface area contributed by atoms with Gasteiger partial charge < -0.3 is 9.84 Å². The van der Waals surface area contributed by atoms with Crippen molar-refractivity contribution >= 4 is 11.8 Å². The number of esters is 1. The second-order valence-corrected chi connectivity index (χ2v) is 6.34. The SMILES string of the molecule is C=C1C[C@H](O)[C@@H]2[C@H](OC(=O)[C@@H]2C)[C@H]2[C@H](C)C(=O)C[C@@H]12. The minimum absolute atomic E-state index is 0.00366. The first kappa shape index (κ1) is 12.9. The fraction of sp³-hybridized carbons (Fsp3) is 0.733. The average Bonchev–Trinajstić information content (AvgIpc) is 2.75. The Labute approximate surface area is 112 Å². The van der Waals surface area contributed by atoms with E-state index in [1.165, 1.54) is 0 Å². The van der Waals surface area contributed by atoms with E-state index in [0.717, 1.165) is 5.57 Å². The van der Waals surface area contributed by atoms with Gasteiger partial charge in [-0.2, -0.15) is 0 Å². The summed E-state index contributed by atoms with van der Waals surface area (Å²) in [5.74, 6) is -0.574. The summed E-state index contributed by atoms with van der Waals surface area (Å²) in [6.07, 6.45) is 0.0330. The zero-order chi connectivity index (χ0) is 13.9. The number of fused-ring (bicyclic) bond motifs is 3. The molecule has 2 aliphatic carbocycles. The van der Waals surface area contributed by atoms with E-state index in [9.17, 15) is 14.7 Å². The molecule has 1 saturated heterocycles. The molecule has 0 radical (unpaired) electrons. The van der Waals surface area contributed by atoms with E-state index in [2.05, 4.69) is 6.58 Å². The first-order valence-corrected chi connectivity index (χ1v) is 7.00. The minimum atomic E-state index is -0.591. The van der Waals surface area contributed by atoms with Crippen LogP contribution >= 0.6 is 0 Å². The molecular weight excluding hydrogens is 244 g/mol. The molecule has 0 spiro atoms. The third-order valence-electron chi connectivity index (χ3n) is 5.37. The van der Waals surface area contributed by atoms with Gasteiger partial charge in [-0.15, -0.1) is 0 Å². The zero-order valence-corrected chi connectivity index (χ0v) is 11.3. The van der Waals surface area contributed by atoms with Crippen molar-refractivity contribution in [2.75, 3.05) is 0 Å². The van der Waals surface area contributed by atoms with E-state index >= 15 is 0 Å². The number of ether oxygens (including phenoxy) is 1. The molecule has 0 unspecified atom stereocenters. The molecule has 2 saturated carbocycles. The number of aliphatic hydroxyl groups excluding tert-OH is 1. The van der Waals surface area contributed by atoms with E-state index in [-0.39, 0.29) is 47.4 Å². The Morgan fingerprint density at radius 3 is 2.53 bits per heavy atom. The summed E-state index contributed by atoms with van der Waals surface area (Å²) in [5.41, 5.74) is 0.938. The van der Waals surface area contributed by atoms with Gasteiger partial charge in [0.2, 0.25) is 0 Å². The first-order valence-electron chi connectivity index (χ1n) is 7.00. The molecule has 0 aromatic carbocycles. The Morgan fingerprint density at radius 2 is 1.84 bits per heavy atom. The minimum Gasteiger partial charge on any atom is -0.461 e. The average molecular weight is 264 g/mol. The summed E-state index contributed by atoms with van der Waals surface area (Å²) in [4.78, 5) is 23.8. The second-order valence-electron chi connectivity index (χ2n) is 6.34. The fourth-order valence-electron chi connectivity index (χ4n) is 4.24. The maximum Gasteiger partial charge on any atom is 0.309 e. The van der Waals surface area contributed by atoms with Crippen LogP contribution in [0.25, 0.3) is 0 Å². The zero-order valence-electron chi connectivity index (χ0n) is 11.3. The Hall–Kier alpha value is -1.16. The largest absolute Gasteiger partial charge is 0.461 e. The highest BCUT2D eigenvalue weighted by Gasteiger charge is 2.57. The van der Waals surface area contributed by atoms with E-state index in [1.807, 2.05) is 6.92 Å². The number of rotatable bonds is 0. The molecular formula is C15H20O4. The highest BCUT2D eigenvalue weighted by Crippen LogP contribution is 2.51.